The molecule has 0 fully saturated rings. The number of nitrogens with zero attached hydrogens (tertiary/aromatic N) is 6. The summed E-state index contributed by atoms with van der Waals surface area (Å²) < 4.78 is 1.85. The third-order valence-corrected chi connectivity index (χ3v) is 5.18. The van der Waals surface area contributed by atoms with Crippen molar-refractivity contribution < 1.29 is 4.92 Å². The van der Waals surface area contributed by atoms with Crippen LogP contribution in [0.3, 0.4) is 0 Å². The first-order valence-corrected chi connectivity index (χ1v) is 11.3. The number of benzene rings is 3. The normalized spacial score (nSPS) is 10.8. The van der Waals surface area contributed by atoms with Crippen LogP contribution >= 0.6 is 0 Å². The molecule has 0 amide bonds. The molecular formula is C26H21N9O2. The first kappa shape index (κ1) is 23.2. The zero-order valence-corrected chi connectivity index (χ0v) is 19.4. The van der Waals surface area contributed by atoms with Gasteiger partial charge in [-0.15, -0.1) is 0 Å². The van der Waals surface area contributed by atoms with Crippen LogP contribution in [-0.2, 0) is 0 Å². The average Bonchev–Trinajstić information content (AvgIpc) is 3.38. The van der Waals surface area contributed by atoms with E-state index in [1.807, 2.05) is 83.6 Å². The minimum atomic E-state index is -0.428. The van der Waals surface area contributed by atoms with Gasteiger partial charge in [-0.25, -0.2) is 5.43 Å². The molecule has 37 heavy (non-hydrogen) atoms. The molecule has 11 heteroatoms. The molecule has 3 N–H and O–H groups in total. The van der Waals surface area contributed by atoms with E-state index in [1.165, 1.54) is 12.1 Å². The largest absolute Gasteiger partial charge is 0.324 e. The second-order valence-electron chi connectivity index (χ2n) is 7.73. The molecular weight excluding hydrogens is 470 g/mol. The van der Waals surface area contributed by atoms with Gasteiger partial charge in [0.15, 0.2) is 0 Å². The maximum absolute atomic E-state index is 10.9. The summed E-state index contributed by atoms with van der Waals surface area (Å²) in [5, 5.41) is 21.6. The van der Waals surface area contributed by atoms with E-state index >= 15 is 0 Å². The van der Waals surface area contributed by atoms with E-state index in [0.29, 0.717) is 11.9 Å². The topological polar surface area (TPSA) is 135 Å². The van der Waals surface area contributed by atoms with Gasteiger partial charge in [0.2, 0.25) is 17.8 Å². The lowest BCUT2D eigenvalue weighted by Gasteiger charge is -2.10. The van der Waals surface area contributed by atoms with Crippen LogP contribution in [0.25, 0.3) is 5.69 Å². The highest BCUT2D eigenvalue weighted by atomic mass is 16.6. The minimum Gasteiger partial charge on any atom is -0.324 e. The predicted molar refractivity (Wildman–Crippen MR) is 143 cm³/mol. The molecule has 0 atom stereocenters. The van der Waals surface area contributed by atoms with Crippen molar-refractivity contribution >= 4 is 41.1 Å². The van der Waals surface area contributed by atoms with Crippen molar-refractivity contribution in [3.8, 4) is 5.69 Å². The Kier molecular flexibility index (Phi) is 6.75. The molecule has 0 aliphatic rings. The molecule has 0 saturated carbocycles. The summed E-state index contributed by atoms with van der Waals surface area (Å²) in [5.74, 6) is 0.912. The summed E-state index contributed by atoms with van der Waals surface area (Å²) in [6.07, 6.45) is 3.45. The van der Waals surface area contributed by atoms with E-state index in [-0.39, 0.29) is 11.6 Å². The van der Waals surface area contributed by atoms with Gasteiger partial charge in [-0.05, 0) is 48.5 Å². The third kappa shape index (κ3) is 5.92. The lowest BCUT2D eigenvalue weighted by Crippen LogP contribution is -2.07. The molecule has 5 rings (SSSR count). The summed E-state index contributed by atoms with van der Waals surface area (Å²) in [7, 11) is 0. The van der Waals surface area contributed by atoms with Crippen LogP contribution in [0.15, 0.2) is 108 Å². The number of nitro benzene ring substituents is 1. The average molecular weight is 492 g/mol. The molecule has 0 saturated heterocycles. The van der Waals surface area contributed by atoms with Crippen LogP contribution < -0.4 is 16.1 Å². The van der Waals surface area contributed by atoms with Gasteiger partial charge in [0.05, 0.1) is 16.8 Å². The molecule has 0 unspecified atom stereocenters. The maximum Gasteiger partial charge on any atom is 0.269 e. The highest BCUT2D eigenvalue weighted by Crippen LogP contribution is 2.19. The Bertz CT molecular complexity index is 1460. The van der Waals surface area contributed by atoms with Crippen molar-refractivity contribution in [2.24, 2.45) is 5.10 Å². The second-order valence-corrected chi connectivity index (χ2v) is 7.73. The molecule has 11 nitrogen and oxygen atoms in total. The summed E-state index contributed by atoms with van der Waals surface area (Å²) >= 11 is 0. The van der Waals surface area contributed by atoms with Crippen molar-refractivity contribution in [1.29, 1.82) is 0 Å². The Labute approximate surface area is 211 Å². The van der Waals surface area contributed by atoms with E-state index in [4.69, 9.17) is 0 Å². The van der Waals surface area contributed by atoms with Crippen molar-refractivity contribution in [2.75, 3.05) is 16.1 Å². The fourth-order valence-electron chi connectivity index (χ4n) is 3.46. The quantitative estimate of drug-likeness (QED) is 0.140. The molecule has 182 valence electrons. The number of aromatic nitrogens is 4. The summed E-state index contributed by atoms with van der Waals surface area (Å²) in [6, 6.07) is 29.1. The summed E-state index contributed by atoms with van der Waals surface area (Å²) in [6.45, 7) is 0. The SMILES string of the molecule is O=[N+]([O-])c1ccc(-n2cccc2/C=N/Nc2nc(Nc3ccccc3)nc(Nc3ccccc3)n2)cc1. The van der Waals surface area contributed by atoms with E-state index < -0.39 is 4.92 Å². The fraction of sp³-hybridized carbons (Fsp3) is 0. The predicted octanol–water partition coefficient (Wildman–Crippen LogP) is 5.50. The van der Waals surface area contributed by atoms with Gasteiger partial charge < -0.3 is 15.2 Å². The van der Waals surface area contributed by atoms with Gasteiger partial charge in [-0.1, -0.05) is 36.4 Å². The van der Waals surface area contributed by atoms with Gasteiger partial charge in [0.1, 0.15) is 0 Å². The molecule has 0 bridgehead atoms. The molecule has 0 spiro atoms. The lowest BCUT2D eigenvalue weighted by molar-refractivity contribution is -0.384. The number of para-hydroxylation sites is 2. The highest BCUT2D eigenvalue weighted by Gasteiger charge is 2.09. The lowest BCUT2D eigenvalue weighted by atomic mass is 10.3. The van der Waals surface area contributed by atoms with Gasteiger partial charge in [-0.3, -0.25) is 10.1 Å². The Morgan fingerprint density at radius 1 is 0.730 bits per heavy atom. The number of anilines is 5. The molecule has 2 aromatic heterocycles. The monoisotopic (exact) mass is 491 g/mol. The minimum absolute atomic E-state index is 0.0301. The standard InChI is InChI=1S/C26H21N9O2/c36-35(37)22-15-13-21(14-16-22)34-17-7-12-23(34)18-27-33-26-31-24(28-19-8-3-1-4-9-19)30-25(32-26)29-20-10-5-2-6-11-20/h1-18H,(H3,28,29,30,31,32,33)/b27-18+. The number of hydrazone groups is 1. The summed E-state index contributed by atoms with van der Waals surface area (Å²) in [4.78, 5) is 23.8. The van der Waals surface area contributed by atoms with Gasteiger partial charge in [0.25, 0.3) is 5.69 Å². The molecule has 0 aliphatic heterocycles. The first-order chi connectivity index (χ1) is 18.1. The number of hydrogen-bond donors (Lipinski definition) is 3. The van der Waals surface area contributed by atoms with Crippen molar-refractivity contribution in [3.63, 3.8) is 0 Å². The Morgan fingerprint density at radius 3 is 1.86 bits per heavy atom. The van der Waals surface area contributed by atoms with E-state index in [1.54, 1.807) is 18.3 Å². The smallest absolute Gasteiger partial charge is 0.269 e. The van der Waals surface area contributed by atoms with Crippen LogP contribution in [0.2, 0.25) is 0 Å². The molecule has 0 aliphatic carbocycles. The van der Waals surface area contributed by atoms with Crippen LogP contribution in [0.4, 0.5) is 34.9 Å². The Morgan fingerprint density at radius 2 is 1.30 bits per heavy atom. The number of nitrogens with one attached hydrogen (secondary N) is 3. The van der Waals surface area contributed by atoms with Crippen molar-refractivity contribution in [1.82, 2.24) is 19.5 Å². The number of non-ortho nitro benzene ring substituents is 1. The van der Waals surface area contributed by atoms with Crippen LogP contribution in [0, 0.1) is 10.1 Å². The van der Waals surface area contributed by atoms with Crippen molar-refractivity contribution in [3.05, 3.63) is 119 Å². The van der Waals surface area contributed by atoms with Crippen LogP contribution in [0.5, 0.6) is 0 Å². The highest BCUT2D eigenvalue weighted by molar-refractivity contribution is 5.79. The number of hydrogen-bond acceptors (Lipinski definition) is 9. The Balaban J connectivity index is 1.37. The third-order valence-electron chi connectivity index (χ3n) is 5.18. The number of nitro groups is 1. The number of rotatable bonds is 9. The van der Waals surface area contributed by atoms with Crippen LogP contribution in [-0.4, -0.2) is 30.7 Å². The van der Waals surface area contributed by atoms with E-state index in [9.17, 15) is 10.1 Å². The Hall–Kier alpha value is -5.58. The van der Waals surface area contributed by atoms with Gasteiger partial charge >= 0.3 is 0 Å². The maximum atomic E-state index is 10.9. The zero-order valence-electron chi connectivity index (χ0n) is 19.4. The van der Waals surface area contributed by atoms with Gasteiger partial charge in [-0.2, -0.15) is 20.1 Å². The molecule has 0 radical (unpaired) electrons. The second kappa shape index (κ2) is 10.8. The van der Waals surface area contributed by atoms with E-state index in [0.717, 1.165) is 22.8 Å². The molecule has 2 heterocycles. The molecule has 3 aromatic carbocycles. The summed E-state index contributed by atoms with van der Waals surface area (Å²) in [5.41, 5.74) is 6.06. The van der Waals surface area contributed by atoms with Crippen LogP contribution in [0.1, 0.15) is 5.69 Å². The fourth-order valence-corrected chi connectivity index (χ4v) is 3.46. The zero-order chi connectivity index (χ0) is 25.5. The van der Waals surface area contributed by atoms with Gasteiger partial charge in [0, 0.05) is 35.4 Å². The first-order valence-electron chi connectivity index (χ1n) is 11.3. The van der Waals surface area contributed by atoms with E-state index in [2.05, 4.69) is 36.1 Å². The van der Waals surface area contributed by atoms with Crippen molar-refractivity contribution in [2.45, 2.75) is 0 Å². The molecule has 5 aromatic rings.